The van der Waals surface area contributed by atoms with E-state index in [0.717, 1.165) is 0 Å². The van der Waals surface area contributed by atoms with Crippen molar-refractivity contribution in [2.45, 2.75) is 26.3 Å². The van der Waals surface area contributed by atoms with Crippen molar-refractivity contribution in [1.82, 2.24) is 14.5 Å². The highest BCUT2D eigenvalue weighted by Gasteiger charge is 2.17. The predicted octanol–water partition coefficient (Wildman–Crippen LogP) is 1.94. The van der Waals surface area contributed by atoms with Crippen molar-refractivity contribution in [3.8, 4) is 0 Å². The first-order valence-electron chi connectivity index (χ1n) is 8.69. The van der Waals surface area contributed by atoms with E-state index in [1.54, 1.807) is 41.7 Å². The smallest absolute Gasteiger partial charge is 0.307 e. The van der Waals surface area contributed by atoms with Crippen LogP contribution in [0.15, 0.2) is 43.0 Å². The maximum atomic E-state index is 12.9. The molecule has 0 radical (unpaired) electrons. The lowest BCUT2D eigenvalue weighted by Gasteiger charge is -2.23. The molecular weight excluding hydrogens is 348 g/mol. The van der Waals surface area contributed by atoms with Crippen LogP contribution in [0.3, 0.4) is 0 Å². The van der Waals surface area contributed by atoms with E-state index < -0.39 is 0 Å². The lowest BCUT2D eigenvalue weighted by atomic mass is 10.1. The Kier molecular flexibility index (Phi) is 7.54. The molecule has 27 heavy (non-hydrogen) atoms. The van der Waals surface area contributed by atoms with Crippen LogP contribution in [0.5, 0.6) is 0 Å². The van der Waals surface area contributed by atoms with Gasteiger partial charge in [-0.3, -0.25) is 14.4 Å². The number of carbonyl (C=O) groups excluding carboxylic acids is 3. The number of hydrogen-bond acceptors (Lipinski definition) is 5. The van der Waals surface area contributed by atoms with E-state index in [9.17, 15) is 14.4 Å². The van der Waals surface area contributed by atoms with E-state index in [4.69, 9.17) is 0 Å². The number of aryl methyl sites for hydroxylation is 1. The maximum Gasteiger partial charge on any atom is 0.307 e. The molecule has 0 fully saturated rings. The minimum atomic E-state index is -0.366. The fraction of sp³-hybridized carbons (Fsp3) is 0.368. The molecule has 0 aliphatic rings. The molecule has 0 bridgehead atoms. The van der Waals surface area contributed by atoms with Crippen LogP contribution in [0.1, 0.15) is 30.1 Å². The molecule has 2 amide bonds. The number of esters is 1. The Bertz CT molecular complexity index is 774. The third-order valence-corrected chi connectivity index (χ3v) is 3.93. The monoisotopic (exact) mass is 372 g/mol. The zero-order chi connectivity index (χ0) is 19.6. The van der Waals surface area contributed by atoms with E-state index in [0.29, 0.717) is 30.8 Å². The number of rotatable bonds is 9. The van der Waals surface area contributed by atoms with Gasteiger partial charge in [0.1, 0.15) is 0 Å². The lowest BCUT2D eigenvalue weighted by molar-refractivity contribution is -0.140. The summed E-state index contributed by atoms with van der Waals surface area (Å²) >= 11 is 0. The van der Waals surface area contributed by atoms with Crippen molar-refractivity contribution in [3.63, 3.8) is 0 Å². The summed E-state index contributed by atoms with van der Waals surface area (Å²) < 4.78 is 6.61. The van der Waals surface area contributed by atoms with Gasteiger partial charge in [-0.2, -0.15) is 0 Å². The molecular formula is C19H24N4O4. The molecule has 0 aliphatic carbocycles. The van der Waals surface area contributed by atoms with Gasteiger partial charge in [-0.05, 0) is 24.6 Å². The zero-order valence-corrected chi connectivity index (χ0v) is 15.6. The molecule has 1 aromatic carbocycles. The number of ether oxygens (including phenoxy) is 1. The molecule has 2 aromatic rings. The highest BCUT2D eigenvalue weighted by molar-refractivity contribution is 5.97. The van der Waals surface area contributed by atoms with Gasteiger partial charge in [0.05, 0.1) is 19.9 Å². The highest BCUT2D eigenvalue weighted by Crippen LogP contribution is 2.14. The molecule has 0 aliphatic heterocycles. The minimum absolute atomic E-state index is 0.124. The number of aromatic nitrogens is 2. The van der Waals surface area contributed by atoms with Crippen LogP contribution >= 0.6 is 0 Å². The van der Waals surface area contributed by atoms with E-state index in [1.165, 1.54) is 14.0 Å². The molecule has 8 heteroatoms. The van der Waals surface area contributed by atoms with Gasteiger partial charge in [-0.15, -0.1) is 0 Å². The highest BCUT2D eigenvalue weighted by atomic mass is 16.5. The molecule has 0 spiro atoms. The summed E-state index contributed by atoms with van der Waals surface area (Å²) in [5.41, 5.74) is 1.01. The first-order valence-corrected chi connectivity index (χ1v) is 8.69. The number of nitrogens with zero attached hydrogens (tertiary/aromatic N) is 3. The fourth-order valence-corrected chi connectivity index (χ4v) is 2.62. The zero-order valence-electron chi connectivity index (χ0n) is 15.6. The maximum absolute atomic E-state index is 12.9. The summed E-state index contributed by atoms with van der Waals surface area (Å²) in [6.07, 6.45) is 6.12. The molecule has 8 nitrogen and oxygen atoms in total. The van der Waals surface area contributed by atoms with Gasteiger partial charge in [-0.25, -0.2) is 4.98 Å². The third kappa shape index (κ3) is 6.58. The van der Waals surface area contributed by atoms with Crippen LogP contribution in [0, 0.1) is 0 Å². The Morgan fingerprint density at radius 1 is 1.26 bits per heavy atom. The lowest BCUT2D eigenvalue weighted by Crippen LogP contribution is -2.34. The fourth-order valence-electron chi connectivity index (χ4n) is 2.62. The Morgan fingerprint density at radius 3 is 2.74 bits per heavy atom. The first-order chi connectivity index (χ1) is 13.0. The molecule has 144 valence electrons. The molecule has 1 N–H and O–H groups in total. The van der Waals surface area contributed by atoms with Gasteiger partial charge in [0, 0.05) is 50.2 Å². The summed E-state index contributed by atoms with van der Waals surface area (Å²) in [6.45, 7) is 2.87. The van der Waals surface area contributed by atoms with Crippen molar-refractivity contribution < 1.29 is 19.1 Å². The van der Waals surface area contributed by atoms with Gasteiger partial charge in [0.2, 0.25) is 5.91 Å². The van der Waals surface area contributed by atoms with Crippen LogP contribution < -0.4 is 5.32 Å². The van der Waals surface area contributed by atoms with Gasteiger partial charge in [0.25, 0.3) is 5.91 Å². The number of amides is 2. The SMILES string of the molecule is COC(=O)CCN(CCCn1ccnc1)C(=O)c1cccc(NC(C)=O)c1. The third-order valence-electron chi connectivity index (χ3n) is 3.93. The van der Waals surface area contributed by atoms with E-state index >= 15 is 0 Å². The average Bonchev–Trinajstić information content (AvgIpc) is 3.16. The Labute approximate surface area is 158 Å². The second-order valence-electron chi connectivity index (χ2n) is 6.03. The van der Waals surface area contributed by atoms with Gasteiger partial charge in [-0.1, -0.05) is 6.07 Å². The Morgan fingerprint density at radius 2 is 2.07 bits per heavy atom. The number of imidazole rings is 1. The molecule has 0 saturated heterocycles. The quantitative estimate of drug-likeness (QED) is 0.679. The van der Waals surface area contributed by atoms with E-state index in [1.807, 2.05) is 10.8 Å². The Hall–Kier alpha value is -3.16. The number of nitrogens with one attached hydrogen (secondary N) is 1. The summed E-state index contributed by atoms with van der Waals surface area (Å²) in [4.78, 5) is 41.3. The van der Waals surface area contributed by atoms with E-state index in [-0.39, 0.29) is 30.7 Å². The average molecular weight is 372 g/mol. The molecule has 0 atom stereocenters. The summed E-state index contributed by atoms with van der Waals surface area (Å²) in [7, 11) is 1.32. The van der Waals surface area contributed by atoms with Crippen molar-refractivity contribution in [2.24, 2.45) is 0 Å². The van der Waals surface area contributed by atoms with Crippen molar-refractivity contribution in [1.29, 1.82) is 0 Å². The molecule has 0 saturated carbocycles. The number of carbonyl (C=O) groups is 3. The summed E-state index contributed by atoms with van der Waals surface area (Å²) in [6, 6.07) is 6.75. The van der Waals surface area contributed by atoms with Crippen molar-refractivity contribution in [3.05, 3.63) is 48.5 Å². The van der Waals surface area contributed by atoms with Crippen molar-refractivity contribution >= 4 is 23.5 Å². The molecule has 2 rings (SSSR count). The number of benzene rings is 1. The number of anilines is 1. The van der Waals surface area contributed by atoms with Crippen LogP contribution in [0.4, 0.5) is 5.69 Å². The standard InChI is InChI=1S/C19H24N4O4/c1-15(24)21-17-6-3-5-16(13-17)19(26)23(11-7-18(25)27-2)10-4-9-22-12-8-20-14-22/h3,5-6,8,12-14H,4,7,9-11H2,1-2H3,(H,21,24). The topological polar surface area (TPSA) is 93.5 Å². The molecule has 0 unspecified atom stereocenters. The van der Waals surface area contributed by atoms with Crippen LogP contribution in [0.2, 0.25) is 0 Å². The second-order valence-corrected chi connectivity index (χ2v) is 6.03. The van der Waals surface area contributed by atoms with Crippen LogP contribution in [-0.2, 0) is 20.9 Å². The van der Waals surface area contributed by atoms with Crippen LogP contribution in [0.25, 0.3) is 0 Å². The number of hydrogen-bond donors (Lipinski definition) is 1. The first kappa shape index (κ1) is 20.2. The van der Waals surface area contributed by atoms with Gasteiger partial charge < -0.3 is 19.5 Å². The van der Waals surface area contributed by atoms with Crippen molar-refractivity contribution in [2.75, 3.05) is 25.5 Å². The normalized spacial score (nSPS) is 10.3. The predicted molar refractivity (Wildman–Crippen MR) is 100 cm³/mol. The van der Waals surface area contributed by atoms with Gasteiger partial charge in [0.15, 0.2) is 0 Å². The minimum Gasteiger partial charge on any atom is -0.469 e. The van der Waals surface area contributed by atoms with E-state index in [2.05, 4.69) is 15.0 Å². The largest absolute Gasteiger partial charge is 0.469 e. The molecule has 1 heterocycles. The molecule has 1 aromatic heterocycles. The van der Waals surface area contributed by atoms with Gasteiger partial charge >= 0.3 is 5.97 Å². The van der Waals surface area contributed by atoms with Crippen LogP contribution in [-0.4, -0.2) is 52.4 Å². The Balaban J connectivity index is 2.06. The number of methoxy groups -OCH3 is 1. The second kappa shape index (κ2) is 10.1. The summed E-state index contributed by atoms with van der Waals surface area (Å²) in [5.74, 6) is -0.770. The summed E-state index contributed by atoms with van der Waals surface area (Å²) in [5, 5.41) is 2.67.